The molecule has 1 fully saturated rings. The highest BCUT2D eigenvalue weighted by atomic mass is 32.2. The number of hydrogen-bond donors (Lipinski definition) is 1. The molecule has 1 saturated heterocycles. The van der Waals surface area contributed by atoms with Crippen LogP contribution in [0.3, 0.4) is 0 Å². The van der Waals surface area contributed by atoms with Crippen molar-refractivity contribution in [1.82, 2.24) is 14.5 Å². The monoisotopic (exact) mass is 431 g/mol. The van der Waals surface area contributed by atoms with Crippen molar-refractivity contribution < 1.29 is 17.9 Å². The van der Waals surface area contributed by atoms with E-state index < -0.39 is 10.0 Å². The molecule has 0 spiro atoms. The Morgan fingerprint density at radius 2 is 1.77 bits per heavy atom. The van der Waals surface area contributed by atoms with Gasteiger partial charge in [-0.1, -0.05) is 42.5 Å². The van der Waals surface area contributed by atoms with Crippen molar-refractivity contribution in [3.63, 3.8) is 0 Å². The molecule has 1 N–H and O–H groups in total. The van der Waals surface area contributed by atoms with Crippen molar-refractivity contribution in [3.8, 4) is 5.75 Å². The maximum Gasteiger partial charge on any atom is 0.257 e. The van der Waals surface area contributed by atoms with Crippen LogP contribution in [0.25, 0.3) is 0 Å². The predicted molar refractivity (Wildman–Crippen MR) is 117 cm³/mol. The smallest absolute Gasteiger partial charge is 0.257 e. The van der Waals surface area contributed by atoms with Crippen LogP contribution in [0.1, 0.15) is 11.1 Å². The number of sulfonamides is 1. The molecule has 1 aliphatic heterocycles. The van der Waals surface area contributed by atoms with Crippen LogP contribution in [-0.4, -0.2) is 68.6 Å². The number of carbonyl (C=O) groups is 1. The van der Waals surface area contributed by atoms with Crippen molar-refractivity contribution in [2.45, 2.75) is 13.5 Å². The molecular weight excluding hydrogens is 402 g/mol. The van der Waals surface area contributed by atoms with E-state index in [0.717, 1.165) is 12.1 Å². The standard InChI is InChI=1S/C22H29N3O4S/c1-19-6-5-9-21(16-19)29-18-22(26)23-10-15-30(27,28)25-13-11-24(12-14-25)17-20-7-3-2-4-8-20/h2-9,16H,10-15,17-18H2,1H3,(H,23,26). The number of amides is 1. The Hall–Kier alpha value is -2.42. The first-order valence-electron chi connectivity index (χ1n) is 10.1. The second-order valence-electron chi connectivity index (χ2n) is 7.43. The molecule has 162 valence electrons. The minimum absolute atomic E-state index is 0.0720. The number of nitrogens with zero attached hydrogens (tertiary/aromatic N) is 2. The summed E-state index contributed by atoms with van der Waals surface area (Å²) in [5.41, 5.74) is 2.27. The third-order valence-electron chi connectivity index (χ3n) is 5.02. The third kappa shape index (κ3) is 6.83. The normalized spacial score (nSPS) is 15.6. The molecular formula is C22H29N3O4S. The molecule has 7 nitrogen and oxygen atoms in total. The molecule has 30 heavy (non-hydrogen) atoms. The molecule has 0 aliphatic carbocycles. The lowest BCUT2D eigenvalue weighted by Crippen LogP contribution is -2.49. The van der Waals surface area contributed by atoms with E-state index in [0.29, 0.717) is 31.9 Å². The SMILES string of the molecule is Cc1cccc(OCC(=O)NCCS(=O)(=O)N2CCN(Cc3ccccc3)CC2)c1. The fourth-order valence-electron chi connectivity index (χ4n) is 3.36. The lowest BCUT2D eigenvalue weighted by Gasteiger charge is -2.34. The third-order valence-corrected chi connectivity index (χ3v) is 6.89. The summed E-state index contributed by atoms with van der Waals surface area (Å²) in [6.07, 6.45) is 0. The van der Waals surface area contributed by atoms with Gasteiger partial charge in [-0.15, -0.1) is 0 Å². The average Bonchev–Trinajstić information content (AvgIpc) is 2.73. The first-order chi connectivity index (χ1) is 14.4. The maximum absolute atomic E-state index is 12.6. The number of benzene rings is 2. The molecule has 2 aromatic carbocycles. The summed E-state index contributed by atoms with van der Waals surface area (Å²) in [5.74, 6) is 0.174. The van der Waals surface area contributed by atoms with E-state index >= 15 is 0 Å². The quantitative estimate of drug-likeness (QED) is 0.653. The van der Waals surface area contributed by atoms with Crippen molar-refractivity contribution in [3.05, 3.63) is 65.7 Å². The predicted octanol–water partition coefficient (Wildman–Crippen LogP) is 1.64. The molecule has 3 rings (SSSR count). The Kier molecular flexibility index (Phi) is 7.84. The molecule has 1 aliphatic rings. The maximum atomic E-state index is 12.6. The minimum Gasteiger partial charge on any atom is -0.484 e. The minimum atomic E-state index is -3.40. The van der Waals surface area contributed by atoms with Gasteiger partial charge >= 0.3 is 0 Å². The second kappa shape index (κ2) is 10.6. The largest absolute Gasteiger partial charge is 0.484 e. The van der Waals surface area contributed by atoms with Gasteiger partial charge in [0.2, 0.25) is 10.0 Å². The first-order valence-corrected chi connectivity index (χ1v) is 11.7. The summed E-state index contributed by atoms with van der Waals surface area (Å²) in [4.78, 5) is 14.2. The van der Waals surface area contributed by atoms with Gasteiger partial charge in [0.05, 0.1) is 5.75 Å². The van der Waals surface area contributed by atoms with Crippen molar-refractivity contribution in [2.24, 2.45) is 0 Å². The summed E-state index contributed by atoms with van der Waals surface area (Å²) in [6, 6.07) is 17.6. The number of rotatable bonds is 9. The van der Waals surface area contributed by atoms with Gasteiger partial charge in [-0.3, -0.25) is 9.69 Å². The van der Waals surface area contributed by atoms with Crippen molar-refractivity contribution in [1.29, 1.82) is 0 Å². The average molecular weight is 432 g/mol. The van der Waals surface area contributed by atoms with E-state index in [2.05, 4.69) is 22.3 Å². The molecule has 0 saturated carbocycles. The van der Waals surface area contributed by atoms with E-state index in [1.54, 1.807) is 6.07 Å². The summed E-state index contributed by atoms with van der Waals surface area (Å²) < 4.78 is 32.1. The lowest BCUT2D eigenvalue weighted by molar-refractivity contribution is -0.122. The summed E-state index contributed by atoms with van der Waals surface area (Å²) in [5, 5.41) is 2.62. The summed E-state index contributed by atoms with van der Waals surface area (Å²) in [6.45, 7) is 5.05. The Labute approximate surface area is 178 Å². The number of hydrogen-bond acceptors (Lipinski definition) is 5. The van der Waals surface area contributed by atoms with Gasteiger partial charge in [0, 0.05) is 39.3 Å². The Morgan fingerprint density at radius 3 is 2.47 bits per heavy atom. The molecule has 0 radical (unpaired) electrons. The zero-order valence-electron chi connectivity index (χ0n) is 17.3. The number of ether oxygens (including phenoxy) is 1. The van der Waals surface area contributed by atoms with Crippen LogP contribution in [0.4, 0.5) is 0 Å². The van der Waals surface area contributed by atoms with E-state index in [4.69, 9.17) is 4.74 Å². The van der Waals surface area contributed by atoms with Crippen molar-refractivity contribution >= 4 is 15.9 Å². The zero-order valence-corrected chi connectivity index (χ0v) is 18.1. The van der Waals surface area contributed by atoms with Gasteiger partial charge in [0.1, 0.15) is 5.75 Å². The van der Waals surface area contributed by atoms with Gasteiger partial charge in [-0.25, -0.2) is 8.42 Å². The molecule has 8 heteroatoms. The molecule has 0 aromatic heterocycles. The van der Waals surface area contributed by atoms with Crippen LogP contribution < -0.4 is 10.1 Å². The molecule has 1 heterocycles. The first kappa shape index (κ1) is 22.3. The zero-order chi connectivity index (χ0) is 21.4. The van der Waals surface area contributed by atoms with Gasteiger partial charge in [-0.2, -0.15) is 4.31 Å². The van der Waals surface area contributed by atoms with Gasteiger partial charge < -0.3 is 10.1 Å². The number of carbonyl (C=O) groups excluding carboxylic acids is 1. The Balaban J connectivity index is 1.36. The highest BCUT2D eigenvalue weighted by Crippen LogP contribution is 2.13. The van der Waals surface area contributed by atoms with Gasteiger partial charge in [0.15, 0.2) is 6.61 Å². The van der Waals surface area contributed by atoms with E-state index in [1.807, 2.05) is 43.3 Å². The van der Waals surface area contributed by atoms with Crippen LogP contribution in [0, 0.1) is 6.92 Å². The van der Waals surface area contributed by atoms with E-state index in [1.165, 1.54) is 9.87 Å². The highest BCUT2D eigenvalue weighted by Gasteiger charge is 2.26. The fourth-order valence-corrected chi connectivity index (χ4v) is 4.70. The van der Waals surface area contributed by atoms with Crippen LogP contribution in [0.15, 0.2) is 54.6 Å². The van der Waals surface area contributed by atoms with Gasteiger partial charge in [0.25, 0.3) is 5.91 Å². The second-order valence-corrected chi connectivity index (χ2v) is 9.52. The number of nitrogens with one attached hydrogen (secondary N) is 1. The summed E-state index contributed by atoms with van der Waals surface area (Å²) in [7, 11) is -3.40. The van der Waals surface area contributed by atoms with Crippen LogP contribution in [0.5, 0.6) is 5.75 Å². The Bertz CT molecular complexity index is 926. The molecule has 0 unspecified atom stereocenters. The van der Waals surface area contributed by atoms with Crippen molar-refractivity contribution in [2.75, 3.05) is 45.1 Å². The van der Waals surface area contributed by atoms with Crippen LogP contribution >= 0.6 is 0 Å². The molecule has 2 aromatic rings. The van der Waals surface area contributed by atoms with Crippen LogP contribution in [-0.2, 0) is 21.4 Å². The summed E-state index contributed by atoms with van der Waals surface area (Å²) >= 11 is 0. The molecule has 1 amide bonds. The van der Waals surface area contributed by atoms with Gasteiger partial charge in [-0.05, 0) is 30.2 Å². The van der Waals surface area contributed by atoms with E-state index in [-0.39, 0.29) is 24.8 Å². The Morgan fingerprint density at radius 1 is 1.03 bits per heavy atom. The fraction of sp³-hybridized carbons (Fsp3) is 0.409. The lowest BCUT2D eigenvalue weighted by atomic mass is 10.2. The highest BCUT2D eigenvalue weighted by molar-refractivity contribution is 7.89. The molecule has 0 atom stereocenters. The van der Waals surface area contributed by atoms with Crippen LogP contribution in [0.2, 0.25) is 0 Å². The topological polar surface area (TPSA) is 78.9 Å². The number of piperazine rings is 1. The van der Waals surface area contributed by atoms with E-state index in [9.17, 15) is 13.2 Å². The number of aryl methyl sites for hydroxylation is 1. The molecule has 0 bridgehead atoms.